The molecule has 0 bridgehead atoms. The largest absolute Gasteiger partial charge is 0.292 e. The number of hydrazone groups is 1. The van der Waals surface area contributed by atoms with Gasteiger partial charge in [-0.05, 0) is 23.3 Å². The summed E-state index contributed by atoms with van der Waals surface area (Å²) in [5.74, 6) is -3.87. The highest BCUT2D eigenvalue weighted by Crippen LogP contribution is 2.53. The summed E-state index contributed by atoms with van der Waals surface area (Å²) < 4.78 is 14.6. The minimum Gasteiger partial charge on any atom is -0.292 e. The lowest BCUT2D eigenvalue weighted by atomic mass is 9.83. The maximum Gasteiger partial charge on any atom is 0.240 e. The van der Waals surface area contributed by atoms with E-state index in [1.54, 1.807) is 47.6 Å². The number of halogens is 1. The maximum absolute atomic E-state index is 14.6. The second kappa shape index (κ2) is 7.20. The monoisotopic (exact) mass is 439 g/mol. The van der Waals surface area contributed by atoms with Gasteiger partial charge in [-0.2, -0.15) is 5.10 Å². The van der Waals surface area contributed by atoms with Crippen molar-refractivity contribution in [3.63, 3.8) is 0 Å². The molecule has 0 spiro atoms. The Bertz CT molecular complexity index is 1340. The minimum atomic E-state index is -0.974. The van der Waals surface area contributed by atoms with Crippen molar-refractivity contribution in [2.24, 2.45) is 16.9 Å². The van der Waals surface area contributed by atoms with E-state index in [1.807, 2.05) is 24.3 Å². The molecule has 0 aromatic heterocycles. The third-order valence-electron chi connectivity index (χ3n) is 6.71. The van der Waals surface area contributed by atoms with E-state index < -0.39 is 41.6 Å². The van der Waals surface area contributed by atoms with Crippen molar-refractivity contribution in [1.29, 1.82) is 0 Å². The van der Waals surface area contributed by atoms with Crippen molar-refractivity contribution in [3.8, 4) is 0 Å². The molecule has 33 heavy (non-hydrogen) atoms. The summed E-state index contributed by atoms with van der Waals surface area (Å²) in [6.45, 7) is 0. The van der Waals surface area contributed by atoms with Gasteiger partial charge in [0.05, 0.1) is 29.8 Å². The first-order valence-corrected chi connectivity index (χ1v) is 10.7. The van der Waals surface area contributed by atoms with Gasteiger partial charge in [-0.25, -0.2) is 9.29 Å². The number of nitrogens with zero attached hydrogens (tertiary/aromatic N) is 3. The van der Waals surface area contributed by atoms with Crippen molar-refractivity contribution in [2.45, 2.75) is 12.1 Å². The summed E-state index contributed by atoms with van der Waals surface area (Å²) >= 11 is 0. The van der Waals surface area contributed by atoms with Crippen LogP contribution in [0.1, 0.15) is 27.5 Å². The zero-order valence-corrected chi connectivity index (χ0v) is 17.3. The molecule has 6 rings (SSSR count). The highest BCUT2D eigenvalue weighted by Gasteiger charge is 2.65. The number of rotatable bonds is 3. The highest BCUT2D eigenvalue weighted by atomic mass is 19.1. The number of anilines is 1. The third-order valence-corrected chi connectivity index (χ3v) is 6.71. The van der Waals surface area contributed by atoms with Crippen LogP contribution in [0.5, 0.6) is 0 Å². The SMILES string of the molecule is O=C(c1ccccc1)[C@@H]1[C@@H]2C(=O)N(c3ccccc3F)C(=O)[C@@H]2[C@H]2c3ccccc3C=NN12. The molecule has 2 saturated heterocycles. The number of para-hydroxylation sites is 1. The molecular formula is C26H18FN3O3. The quantitative estimate of drug-likeness (QED) is 0.462. The molecule has 0 radical (unpaired) electrons. The Hall–Kier alpha value is -4.13. The summed E-state index contributed by atoms with van der Waals surface area (Å²) in [7, 11) is 0. The Labute approximate surface area is 188 Å². The van der Waals surface area contributed by atoms with E-state index in [0.717, 1.165) is 16.0 Å². The fraction of sp³-hybridized carbons (Fsp3) is 0.154. The molecular weight excluding hydrogens is 421 g/mol. The highest BCUT2D eigenvalue weighted by molar-refractivity contribution is 6.24. The molecule has 7 heteroatoms. The normalized spacial score (nSPS) is 25.1. The number of carbonyl (C=O) groups is 3. The zero-order chi connectivity index (χ0) is 22.7. The molecule has 2 fully saturated rings. The topological polar surface area (TPSA) is 70.0 Å². The van der Waals surface area contributed by atoms with Gasteiger partial charge >= 0.3 is 0 Å². The Kier molecular flexibility index (Phi) is 4.26. The molecule has 3 aliphatic heterocycles. The summed E-state index contributed by atoms with van der Waals surface area (Å²) in [4.78, 5) is 41.9. The second-order valence-electron chi connectivity index (χ2n) is 8.39. The van der Waals surface area contributed by atoms with Gasteiger partial charge in [0.25, 0.3) is 0 Å². The van der Waals surface area contributed by atoms with E-state index >= 15 is 0 Å². The van der Waals surface area contributed by atoms with Gasteiger partial charge in [0.2, 0.25) is 11.8 Å². The average molecular weight is 439 g/mol. The Morgan fingerprint density at radius 2 is 1.48 bits per heavy atom. The number of Topliss-reactive ketones (excluding diaryl/α,β-unsaturated/α-hetero) is 1. The molecule has 0 saturated carbocycles. The summed E-state index contributed by atoms with van der Waals surface area (Å²) in [6, 6.07) is 20.3. The van der Waals surface area contributed by atoms with Crippen LogP contribution in [0, 0.1) is 17.7 Å². The zero-order valence-electron chi connectivity index (χ0n) is 17.3. The molecule has 3 aromatic rings. The number of amides is 2. The Balaban J connectivity index is 1.52. The summed E-state index contributed by atoms with van der Waals surface area (Å²) in [5, 5.41) is 6.12. The van der Waals surface area contributed by atoms with Gasteiger partial charge in [0.15, 0.2) is 5.78 Å². The van der Waals surface area contributed by atoms with Gasteiger partial charge < -0.3 is 0 Å². The molecule has 0 aliphatic carbocycles. The van der Waals surface area contributed by atoms with E-state index in [1.165, 1.54) is 18.2 Å². The van der Waals surface area contributed by atoms with Gasteiger partial charge in [-0.1, -0.05) is 66.7 Å². The lowest BCUT2D eigenvalue weighted by Crippen LogP contribution is -2.44. The molecule has 0 unspecified atom stereocenters. The van der Waals surface area contributed by atoms with Crippen LogP contribution < -0.4 is 4.90 Å². The first-order valence-electron chi connectivity index (χ1n) is 10.7. The number of hydrogen-bond donors (Lipinski definition) is 0. The molecule has 4 atom stereocenters. The molecule has 0 N–H and O–H groups in total. The van der Waals surface area contributed by atoms with Crippen LogP contribution in [0.25, 0.3) is 0 Å². The third kappa shape index (κ3) is 2.72. The van der Waals surface area contributed by atoms with E-state index in [0.29, 0.717) is 5.56 Å². The number of carbonyl (C=O) groups excluding carboxylic acids is 3. The molecule has 3 aromatic carbocycles. The van der Waals surface area contributed by atoms with Crippen molar-refractivity contribution in [3.05, 3.63) is 101 Å². The fourth-order valence-corrected chi connectivity index (χ4v) is 5.31. The molecule has 3 aliphatic rings. The first kappa shape index (κ1) is 19.5. The van der Waals surface area contributed by atoms with E-state index in [2.05, 4.69) is 5.10 Å². The molecule has 6 nitrogen and oxygen atoms in total. The van der Waals surface area contributed by atoms with Crippen molar-refractivity contribution in [1.82, 2.24) is 5.01 Å². The van der Waals surface area contributed by atoms with Crippen molar-refractivity contribution >= 4 is 29.5 Å². The van der Waals surface area contributed by atoms with Crippen LogP contribution in [0.2, 0.25) is 0 Å². The minimum absolute atomic E-state index is 0.0908. The summed E-state index contributed by atoms with van der Waals surface area (Å²) in [6.07, 6.45) is 1.65. The molecule has 2 amide bonds. The molecule has 162 valence electrons. The number of imide groups is 1. The second-order valence-corrected chi connectivity index (χ2v) is 8.39. The Morgan fingerprint density at radius 1 is 0.818 bits per heavy atom. The number of hydrogen-bond acceptors (Lipinski definition) is 5. The van der Waals surface area contributed by atoms with E-state index in [9.17, 15) is 18.8 Å². The standard InChI is InChI=1S/C26H18FN3O3/c27-18-12-6-7-13-19(18)29-25(32)20-21(26(29)33)23(24(31)15-8-2-1-3-9-15)30-22(20)17-11-5-4-10-16(17)14-28-30/h1-14,20-23H/t20-,21+,22+,23-/m0/s1. The van der Waals surface area contributed by atoms with Crippen molar-refractivity contribution < 1.29 is 18.8 Å². The van der Waals surface area contributed by atoms with E-state index in [4.69, 9.17) is 0 Å². The van der Waals surface area contributed by atoms with Crippen LogP contribution in [0.4, 0.5) is 10.1 Å². The fourth-order valence-electron chi connectivity index (χ4n) is 5.31. The number of fused-ring (bicyclic) bond motifs is 5. The van der Waals surface area contributed by atoms with Gasteiger partial charge in [-0.15, -0.1) is 0 Å². The summed E-state index contributed by atoms with van der Waals surface area (Å²) in [5.41, 5.74) is 1.99. The number of benzene rings is 3. The maximum atomic E-state index is 14.6. The van der Waals surface area contributed by atoms with Crippen LogP contribution in [0.15, 0.2) is 84.0 Å². The predicted octanol–water partition coefficient (Wildman–Crippen LogP) is 3.59. The first-order chi connectivity index (χ1) is 16.1. The predicted molar refractivity (Wildman–Crippen MR) is 119 cm³/mol. The smallest absolute Gasteiger partial charge is 0.240 e. The Morgan fingerprint density at radius 3 is 2.27 bits per heavy atom. The van der Waals surface area contributed by atoms with E-state index in [-0.39, 0.29) is 11.5 Å². The van der Waals surface area contributed by atoms with Crippen LogP contribution in [-0.2, 0) is 9.59 Å². The lowest BCUT2D eigenvalue weighted by Gasteiger charge is -2.33. The van der Waals surface area contributed by atoms with Gasteiger partial charge in [0, 0.05) is 5.56 Å². The molecule has 3 heterocycles. The van der Waals surface area contributed by atoms with Crippen LogP contribution >= 0.6 is 0 Å². The lowest BCUT2D eigenvalue weighted by molar-refractivity contribution is -0.124. The van der Waals surface area contributed by atoms with Crippen LogP contribution in [0.3, 0.4) is 0 Å². The number of ketones is 1. The average Bonchev–Trinajstić information content (AvgIpc) is 3.32. The van der Waals surface area contributed by atoms with Crippen LogP contribution in [-0.4, -0.2) is 34.9 Å². The van der Waals surface area contributed by atoms with Gasteiger partial charge in [-0.3, -0.25) is 19.4 Å². The van der Waals surface area contributed by atoms with Gasteiger partial charge in [0.1, 0.15) is 11.9 Å². The van der Waals surface area contributed by atoms with Crippen molar-refractivity contribution in [2.75, 3.05) is 4.90 Å².